The van der Waals surface area contributed by atoms with Crippen molar-refractivity contribution in [2.24, 2.45) is 7.05 Å². The molecule has 0 fully saturated rings. The lowest BCUT2D eigenvalue weighted by Crippen LogP contribution is -2.38. The number of fused-ring (bicyclic) bond motifs is 1. The number of nitrogens with one attached hydrogen (secondary N) is 2. The number of carbonyl (C=O) groups is 1. The van der Waals surface area contributed by atoms with Crippen LogP contribution < -0.4 is 10.6 Å². The van der Waals surface area contributed by atoms with Crippen LogP contribution >= 0.6 is 0 Å². The maximum atomic E-state index is 13.7. The Morgan fingerprint density at radius 3 is 3.00 bits per heavy atom. The number of nitrogens with zero attached hydrogens (tertiary/aromatic N) is 2. The molecule has 0 spiro atoms. The average Bonchev–Trinajstić information content (AvgIpc) is 2.76. The van der Waals surface area contributed by atoms with Gasteiger partial charge in [-0.15, -0.1) is 0 Å². The Bertz CT molecular complexity index is 622. The van der Waals surface area contributed by atoms with E-state index < -0.39 is 11.8 Å². The van der Waals surface area contributed by atoms with Crippen molar-refractivity contribution >= 4 is 11.7 Å². The molecule has 1 aromatic heterocycles. The molecule has 92 valence electrons. The average molecular weight is 246 g/mol. The van der Waals surface area contributed by atoms with Crippen LogP contribution in [0.3, 0.4) is 0 Å². The maximum absolute atomic E-state index is 13.7. The Kier molecular flexibility index (Phi) is 2.29. The number of hydrogen-bond donors (Lipinski definition) is 2. The van der Waals surface area contributed by atoms with Gasteiger partial charge in [0.2, 0.25) is 0 Å². The summed E-state index contributed by atoms with van der Waals surface area (Å²) in [6.07, 6.45) is 3.45. The number of anilines is 1. The molecule has 0 saturated carbocycles. The van der Waals surface area contributed by atoms with Gasteiger partial charge in [0.05, 0.1) is 17.9 Å². The van der Waals surface area contributed by atoms with E-state index in [0.29, 0.717) is 5.56 Å². The highest BCUT2D eigenvalue weighted by Gasteiger charge is 2.28. The number of urea groups is 1. The first-order valence-corrected chi connectivity index (χ1v) is 5.49. The van der Waals surface area contributed by atoms with E-state index in [4.69, 9.17) is 0 Å². The van der Waals surface area contributed by atoms with Crippen molar-refractivity contribution in [2.75, 3.05) is 5.32 Å². The van der Waals surface area contributed by atoms with Gasteiger partial charge in [-0.1, -0.05) is 12.1 Å². The Morgan fingerprint density at radius 1 is 1.44 bits per heavy atom. The second-order valence-corrected chi connectivity index (χ2v) is 4.18. The second kappa shape index (κ2) is 3.83. The summed E-state index contributed by atoms with van der Waals surface area (Å²) in [5, 5.41) is 9.31. The predicted octanol–water partition coefficient (Wildman–Crippen LogP) is 1.78. The summed E-state index contributed by atoms with van der Waals surface area (Å²) < 4.78 is 15.3. The number of hydrogen-bond acceptors (Lipinski definition) is 2. The number of para-hydroxylation sites is 1. The van der Waals surface area contributed by atoms with Crippen LogP contribution in [-0.2, 0) is 7.05 Å². The lowest BCUT2D eigenvalue weighted by molar-refractivity contribution is 0.248. The second-order valence-electron chi connectivity index (χ2n) is 4.18. The number of aromatic nitrogens is 2. The van der Waals surface area contributed by atoms with Crippen LogP contribution in [0.5, 0.6) is 0 Å². The molecule has 2 amide bonds. The van der Waals surface area contributed by atoms with E-state index in [1.807, 2.05) is 0 Å². The summed E-state index contributed by atoms with van der Waals surface area (Å²) in [5.41, 5.74) is 1.75. The van der Waals surface area contributed by atoms with Gasteiger partial charge < -0.3 is 10.6 Å². The Morgan fingerprint density at radius 2 is 2.28 bits per heavy atom. The van der Waals surface area contributed by atoms with Gasteiger partial charge in [-0.25, -0.2) is 9.18 Å². The Labute approximate surface area is 103 Å². The third kappa shape index (κ3) is 1.62. The summed E-state index contributed by atoms with van der Waals surface area (Å²) in [7, 11) is 1.79. The molecular formula is C12H11FN4O. The molecule has 3 rings (SSSR count). The largest absolute Gasteiger partial charge is 0.327 e. The molecule has 0 radical (unpaired) electrons. The van der Waals surface area contributed by atoms with Gasteiger partial charge in [0, 0.05) is 24.4 Å². The standard InChI is InChI=1S/C12H11FN4O/c1-17-6-7(5-14-17)10-8-3-2-4-9(13)11(8)16-12(18)15-10/h2-6,10H,1H3,(H2,15,16,18). The minimum Gasteiger partial charge on any atom is -0.327 e. The number of halogens is 1. The molecular weight excluding hydrogens is 235 g/mol. The van der Waals surface area contributed by atoms with Crippen molar-refractivity contribution in [2.45, 2.75) is 6.04 Å². The lowest BCUT2D eigenvalue weighted by Gasteiger charge is -2.26. The fourth-order valence-corrected chi connectivity index (χ4v) is 2.12. The Hall–Kier alpha value is -2.37. The van der Waals surface area contributed by atoms with Crippen LogP contribution in [0.25, 0.3) is 0 Å². The topological polar surface area (TPSA) is 59.0 Å². The zero-order chi connectivity index (χ0) is 12.7. The smallest absolute Gasteiger partial charge is 0.320 e. The van der Waals surface area contributed by atoms with Crippen LogP contribution in [0.4, 0.5) is 14.9 Å². The highest BCUT2D eigenvalue weighted by atomic mass is 19.1. The van der Waals surface area contributed by atoms with E-state index in [2.05, 4.69) is 15.7 Å². The van der Waals surface area contributed by atoms with Crippen LogP contribution in [0.2, 0.25) is 0 Å². The molecule has 6 heteroatoms. The molecule has 2 N–H and O–H groups in total. The molecule has 0 bridgehead atoms. The fourth-order valence-electron chi connectivity index (χ4n) is 2.12. The van der Waals surface area contributed by atoms with E-state index in [9.17, 15) is 9.18 Å². The number of benzene rings is 1. The Balaban J connectivity index is 2.13. The van der Waals surface area contributed by atoms with Gasteiger partial charge in [-0.2, -0.15) is 5.10 Å². The zero-order valence-corrected chi connectivity index (χ0v) is 9.64. The van der Waals surface area contributed by atoms with Crippen LogP contribution in [0, 0.1) is 5.82 Å². The van der Waals surface area contributed by atoms with Crippen molar-refractivity contribution in [1.82, 2.24) is 15.1 Å². The first-order valence-electron chi connectivity index (χ1n) is 5.49. The minimum absolute atomic E-state index is 0.232. The summed E-state index contributed by atoms with van der Waals surface area (Å²) in [6.45, 7) is 0. The number of carbonyl (C=O) groups excluding carboxylic acids is 1. The SMILES string of the molecule is Cn1cc(C2NC(=O)Nc3c(F)cccc32)cn1. The van der Waals surface area contributed by atoms with Gasteiger partial charge in [0.1, 0.15) is 5.82 Å². The highest BCUT2D eigenvalue weighted by molar-refractivity contribution is 5.93. The minimum atomic E-state index is -0.434. The van der Waals surface area contributed by atoms with Crippen LogP contribution in [-0.4, -0.2) is 15.8 Å². The molecule has 2 aromatic rings. The quantitative estimate of drug-likeness (QED) is 0.805. The van der Waals surface area contributed by atoms with E-state index >= 15 is 0 Å². The highest BCUT2D eigenvalue weighted by Crippen LogP contribution is 2.32. The predicted molar refractivity (Wildman–Crippen MR) is 63.6 cm³/mol. The monoisotopic (exact) mass is 246 g/mol. The van der Waals surface area contributed by atoms with Gasteiger partial charge in [0.25, 0.3) is 0 Å². The van der Waals surface area contributed by atoms with Crippen molar-refractivity contribution in [3.63, 3.8) is 0 Å². The molecule has 1 aliphatic rings. The number of rotatable bonds is 1. The third-order valence-electron chi connectivity index (χ3n) is 2.93. The van der Waals surface area contributed by atoms with Gasteiger partial charge in [-0.05, 0) is 6.07 Å². The van der Waals surface area contributed by atoms with E-state index in [1.165, 1.54) is 6.07 Å². The lowest BCUT2D eigenvalue weighted by atomic mass is 9.98. The number of aryl methyl sites for hydroxylation is 1. The third-order valence-corrected chi connectivity index (χ3v) is 2.93. The molecule has 1 unspecified atom stereocenters. The maximum Gasteiger partial charge on any atom is 0.320 e. The van der Waals surface area contributed by atoms with Crippen molar-refractivity contribution in [3.05, 3.63) is 47.5 Å². The zero-order valence-electron chi connectivity index (χ0n) is 9.64. The summed E-state index contributed by atoms with van der Waals surface area (Å²) in [6, 6.07) is 3.93. The van der Waals surface area contributed by atoms with Crippen LogP contribution in [0.15, 0.2) is 30.6 Å². The summed E-state index contributed by atoms with van der Waals surface area (Å²) in [5.74, 6) is -0.434. The van der Waals surface area contributed by atoms with E-state index in [-0.39, 0.29) is 11.7 Å². The molecule has 0 saturated heterocycles. The molecule has 1 atom stereocenters. The molecule has 2 heterocycles. The molecule has 5 nitrogen and oxygen atoms in total. The molecule has 0 aliphatic carbocycles. The fraction of sp³-hybridized carbons (Fsp3) is 0.167. The van der Waals surface area contributed by atoms with E-state index in [1.54, 1.807) is 36.3 Å². The first kappa shape index (κ1) is 10.8. The summed E-state index contributed by atoms with van der Waals surface area (Å²) >= 11 is 0. The first-order chi connectivity index (χ1) is 8.65. The van der Waals surface area contributed by atoms with Gasteiger partial charge in [-0.3, -0.25) is 4.68 Å². The van der Waals surface area contributed by atoms with Gasteiger partial charge in [0.15, 0.2) is 0 Å². The van der Waals surface area contributed by atoms with Gasteiger partial charge >= 0.3 is 6.03 Å². The molecule has 18 heavy (non-hydrogen) atoms. The van der Waals surface area contributed by atoms with Crippen molar-refractivity contribution in [1.29, 1.82) is 0 Å². The van der Waals surface area contributed by atoms with Crippen molar-refractivity contribution < 1.29 is 9.18 Å². The summed E-state index contributed by atoms with van der Waals surface area (Å²) in [4.78, 5) is 11.6. The molecule has 1 aliphatic heterocycles. The normalized spacial score (nSPS) is 17.9. The van der Waals surface area contributed by atoms with Crippen molar-refractivity contribution in [3.8, 4) is 0 Å². The van der Waals surface area contributed by atoms with E-state index in [0.717, 1.165) is 5.56 Å². The molecule has 1 aromatic carbocycles. The van der Waals surface area contributed by atoms with Crippen LogP contribution in [0.1, 0.15) is 17.2 Å². The number of amides is 2.